The second kappa shape index (κ2) is 7.76. The van der Waals surface area contributed by atoms with Gasteiger partial charge in [0.1, 0.15) is 11.5 Å². The van der Waals surface area contributed by atoms with Crippen molar-refractivity contribution < 1.29 is 33.8 Å². The summed E-state index contributed by atoms with van der Waals surface area (Å²) in [6.07, 6.45) is 3.93. The molecule has 5 atom stereocenters. The molecule has 3 aliphatic rings. The first-order valence-electron chi connectivity index (χ1n) is 11.2. The maximum Gasteiger partial charge on any atom is 0.313 e. The molecule has 1 saturated carbocycles. The summed E-state index contributed by atoms with van der Waals surface area (Å²) < 4.78 is 10.7. The molecule has 0 aromatic heterocycles. The number of hydrogen-bond donors (Lipinski definition) is 1. The van der Waals surface area contributed by atoms with Crippen LogP contribution in [0.2, 0.25) is 0 Å². The zero-order valence-corrected chi connectivity index (χ0v) is 20.5. The van der Waals surface area contributed by atoms with Crippen molar-refractivity contribution in [3.05, 3.63) is 35.5 Å². The van der Waals surface area contributed by atoms with E-state index in [0.717, 1.165) is 23.6 Å². The van der Waals surface area contributed by atoms with E-state index in [4.69, 9.17) is 9.47 Å². The molecule has 0 aromatic rings. The summed E-state index contributed by atoms with van der Waals surface area (Å²) in [6.45, 7) is 13.9. The van der Waals surface area contributed by atoms with Crippen LogP contribution in [0, 0.1) is 22.7 Å². The number of carbonyl (C=O) groups is 4. The summed E-state index contributed by atoms with van der Waals surface area (Å²) in [7, 11) is 1.18. The fraction of sp³-hybridized carbons (Fsp3) is 0.615. The highest BCUT2D eigenvalue weighted by molar-refractivity contribution is 6.15. The van der Waals surface area contributed by atoms with Crippen LogP contribution in [0.1, 0.15) is 60.8 Å². The van der Waals surface area contributed by atoms with Crippen molar-refractivity contribution in [2.45, 2.75) is 72.0 Å². The molecule has 1 aliphatic heterocycles. The summed E-state index contributed by atoms with van der Waals surface area (Å²) in [5, 5.41) is 11.7. The number of esters is 2. The Morgan fingerprint density at radius 3 is 2.36 bits per heavy atom. The summed E-state index contributed by atoms with van der Waals surface area (Å²) in [4.78, 5) is 52.3. The largest absolute Gasteiger partial charge is 0.469 e. The van der Waals surface area contributed by atoms with Crippen LogP contribution in [0.25, 0.3) is 0 Å². The van der Waals surface area contributed by atoms with E-state index in [9.17, 15) is 24.3 Å². The molecule has 180 valence electrons. The molecule has 0 radical (unpaired) electrons. The summed E-state index contributed by atoms with van der Waals surface area (Å²) in [5.41, 5.74) is -3.30. The Balaban J connectivity index is 2.42. The molecule has 2 aliphatic carbocycles. The topological polar surface area (TPSA) is 107 Å². The SMILES string of the molecule is C=CC1(C)CC2C(C)=C3CC(=O)OC(C)(C)C3=CCC2(C)[C@H](C(=O)OC)C(O)(C(C)=O)C1=O. The van der Waals surface area contributed by atoms with Gasteiger partial charge >= 0.3 is 11.9 Å². The molecule has 33 heavy (non-hydrogen) atoms. The normalized spacial score (nSPS) is 38.1. The van der Waals surface area contributed by atoms with Gasteiger partial charge in [-0.1, -0.05) is 24.6 Å². The van der Waals surface area contributed by atoms with E-state index in [-0.39, 0.29) is 25.2 Å². The number of rotatable bonds is 3. The molecule has 0 spiro atoms. The molecule has 0 amide bonds. The predicted octanol–water partition coefficient (Wildman–Crippen LogP) is 3.26. The lowest BCUT2D eigenvalue weighted by molar-refractivity contribution is -0.179. The van der Waals surface area contributed by atoms with Crippen molar-refractivity contribution in [1.82, 2.24) is 0 Å². The molecule has 0 aromatic carbocycles. The molecule has 7 nitrogen and oxygen atoms in total. The van der Waals surface area contributed by atoms with Crippen LogP contribution in [0.15, 0.2) is 35.5 Å². The number of hydrogen-bond acceptors (Lipinski definition) is 7. The summed E-state index contributed by atoms with van der Waals surface area (Å²) >= 11 is 0. The fourth-order valence-electron chi connectivity index (χ4n) is 6.23. The van der Waals surface area contributed by atoms with Gasteiger partial charge in [0.25, 0.3) is 0 Å². The van der Waals surface area contributed by atoms with Crippen molar-refractivity contribution in [1.29, 1.82) is 0 Å². The van der Waals surface area contributed by atoms with Crippen LogP contribution in [0.3, 0.4) is 0 Å². The van der Waals surface area contributed by atoms with Gasteiger partial charge in [-0.25, -0.2) is 0 Å². The predicted molar refractivity (Wildman–Crippen MR) is 121 cm³/mol. The van der Waals surface area contributed by atoms with Crippen LogP contribution in [-0.2, 0) is 28.7 Å². The lowest BCUT2D eigenvalue weighted by atomic mass is 9.59. The van der Waals surface area contributed by atoms with Gasteiger partial charge in [0.15, 0.2) is 17.2 Å². The second-order valence-electron chi connectivity index (χ2n) is 10.6. The zero-order valence-electron chi connectivity index (χ0n) is 20.5. The van der Waals surface area contributed by atoms with Crippen molar-refractivity contribution in [3.8, 4) is 0 Å². The summed E-state index contributed by atoms with van der Waals surface area (Å²) in [5.74, 6) is -4.61. The van der Waals surface area contributed by atoms with Crippen molar-refractivity contribution in [3.63, 3.8) is 0 Å². The minimum Gasteiger partial charge on any atom is -0.469 e. The van der Waals surface area contributed by atoms with Gasteiger partial charge < -0.3 is 14.6 Å². The summed E-state index contributed by atoms with van der Waals surface area (Å²) in [6, 6.07) is 0. The third kappa shape index (κ3) is 3.43. The third-order valence-corrected chi connectivity index (χ3v) is 8.20. The molecule has 1 heterocycles. The molecular formula is C26H34O7. The number of ketones is 2. The first kappa shape index (κ1) is 25.1. The Hall–Kier alpha value is -2.54. The molecule has 1 N–H and O–H groups in total. The van der Waals surface area contributed by atoms with Crippen molar-refractivity contribution in [2.24, 2.45) is 22.7 Å². The molecule has 7 heteroatoms. The Morgan fingerprint density at radius 2 is 1.85 bits per heavy atom. The van der Waals surface area contributed by atoms with Gasteiger partial charge in [-0.3, -0.25) is 19.2 Å². The van der Waals surface area contributed by atoms with Gasteiger partial charge in [-0.2, -0.15) is 0 Å². The van der Waals surface area contributed by atoms with E-state index in [1.165, 1.54) is 13.2 Å². The number of aliphatic hydroxyl groups is 1. The van der Waals surface area contributed by atoms with Crippen LogP contribution in [0.5, 0.6) is 0 Å². The lowest BCUT2D eigenvalue weighted by Gasteiger charge is -2.44. The highest BCUT2D eigenvalue weighted by Gasteiger charge is 2.67. The van der Waals surface area contributed by atoms with Crippen molar-refractivity contribution in [2.75, 3.05) is 7.11 Å². The van der Waals surface area contributed by atoms with E-state index in [1.807, 2.05) is 33.8 Å². The Bertz CT molecular complexity index is 1020. The maximum absolute atomic E-state index is 13.8. The molecular weight excluding hydrogens is 424 g/mol. The minimum atomic E-state index is -2.58. The number of cyclic esters (lactones) is 1. The van der Waals surface area contributed by atoms with Gasteiger partial charge in [-0.05, 0) is 69.9 Å². The van der Waals surface area contributed by atoms with Gasteiger partial charge in [0, 0.05) is 5.41 Å². The number of allylic oxidation sites excluding steroid dienone is 3. The molecule has 3 rings (SSSR count). The van der Waals surface area contributed by atoms with Crippen LogP contribution in [0.4, 0.5) is 0 Å². The number of methoxy groups -OCH3 is 1. The van der Waals surface area contributed by atoms with Crippen LogP contribution in [-0.4, -0.2) is 46.9 Å². The molecule has 4 unspecified atom stereocenters. The fourth-order valence-corrected chi connectivity index (χ4v) is 6.23. The smallest absolute Gasteiger partial charge is 0.313 e. The van der Waals surface area contributed by atoms with Gasteiger partial charge in [0.05, 0.1) is 13.5 Å². The van der Waals surface area contributed by atoms with Gasteiger partial charge in [-0.15, -0.1) is 6.58 Å². The van der Waals surface area contributed by atoms with Crippen molar-refractivity contribution >= 4 is 23.5 Å². The molecule has 2 fully saturated rings. The highest BCUT2D eigenvalue weighted by atomic mass is 16.6. The van der Waals surface area contributed by atoms with Crippen LogP contribution < -0.4 is 0 Å². The quantitative estimate of drug-likeness (QED) is 0.393. The monoisotopic (exact) mass is 458 g/mol. The van der Waals surface area contributed by atoms with Crippen LogP contribution >= 0.6 is 0 Å². The highest BCUT2D eigenvalue weighted by Crippen LogP contribution is 2.59. The number of Topliss-reactive ketones (excluding diaryl/α,β-unsaturated/α-hetero) is 2. The Labute approximate surface area is 194 Å². The van der Waals surface area contributed by atoms with E-state index < -0.39 is 51.4 Å². The molecule has 0 bridgehead atoms. The lowest BCUT2D eigenvalue weighted by Crippen LogP contribution is -2.61. The molecule has 1 saturated heterocycles. The first-order valence-corrected chi connectivity index (χ1v) is 11.2. The average molecular weight is 459 g/mol. The third-order valence-electron chi connectivity index (χ3n) is 8.20. The standard InChI is InChI=1S/C26H34O7/c1-9-24(6)13-18-14(2)16-12-19(28)33-23(4,5)17(16)10-11-25(18,7)20(21(29)32-8)26(31,15(3)27)22(24)30/h9-10,18,20,31H,1,11-13H2,2-8H3/t18?,20-,24?,25?,26?/m0/s1. The average Bonchev–Trinajstić information content (AvgIpc) is 2.86. The zero-order chi connectivity index (χ0) is 25.1. The van der Waals surface area contributed by atoms with E-state index in [1.54, 1.807) is 6.92 Å². The number of ether oxygens (including phenoxy) is 2. The number of carbonyl (C=O) groups excluding carboxylic acids is 4. The second-order valence-corrected chi connectivity index (χ2v) is 10.6. The van der Waals surface area contributed by atoms with E-state index >= 15 is 0 Å². The number of fused-ring (bicyclic) bond motifs is 2. The Kier molecular flexibility index (Phi) is 5.90. The van der Waals surface area contributed by atoms with E-state index in [2.05, 4.69) is 6.58 Å². The maximum atomic E-state index is 13.8. The minimum absolute atomic E-state index is 0.0757. The van der Waals surface area contributed by atoms with Gasteiger partial charge in [0.2, 0.25) is 0 Å². The first-order chi connectivity index (χ1) is 15.1. The van der Waals surface area contributed by atoms with E-state index in [0.29, 0.717) is 0 Å². The Morgan fingerprint density at radius 1 is 1.24 bits per heavy atom.